The van der Waals surface area contributed by atoms with Gasteiger partial charge < -0.3 is 15.0 Å². The fourth-order valence-corrected chi connectivity index (χ4v) is 2.09. The van der Waals surface area contributed by atoms with Crippen molar-refractivity contribution in [2.24, 2.45) is 5.92 Å². The molecule has 0 spiro atoms. The third-order valence-corrected chi connectivity index (χ3v) is 3.64. The van der Waals surface area contributed by atoms with Gasteiger partial charge in [0.15, 0.2) is 0 Å². The second-order valence-corrected chi connectivity index (χ2v) is 6.05. The Morgan fingerprint density at radius 3 is 2.90 bits per heavy atom. The number of likely N-dealkylation sites (N-methyl/N-ethyl adjacent to an activating group) is 1. The zero-order valence-corrected chi connectivity index (χ0v) is 13.4. The molecule has 0 aromatic carbocycles. The van der Waals surface area contributed by atoms with Crippen molar-refractivity contribution in [1.82, 2.24) is 14.7 Å². The molecule has 1 fully saturated rings. The van der Waals surface area contributed by atoms with Gasteiger partial charge in [0, 0.05) is 19.6 Å². The minimum absolute atomic E-state index is 0.150. The van der Waals surface area contributed by atoms with E-state index in [0.29, 0.717) is 42.9 Å². The fourth-order valence-electron chi connectivity index (χ4n) is 1.90. The molecule has 1 aromatic heterocycles. The van der Waals surface area contributed by atoms with Crippen LogP contribution in [-0.2, 0) is 11.3 Å². The average molecular weight is 315 g/mol. The number of nitrogens with zero attached hydrogens (tertiary/aromatic N) is 3. The third kappa shape index (κ3) is 5.30. The summed E-state index contributed by atoms with van der Waals surface area (Å²) < 4.78 is 6.98. The Labute approximate surface area is 130 Å². The summed E-state index contributed by atoms with van der Waals surface area (Å²) in [4.78, 5) is 14.3. The van der Waals surface area contributed by atoms with E-state index in [1.807, 2.05) is 14.1 Å². The molecule has 1 aliphatic carbocycles. The predicted molar refractivity (Wildman–Crippen MR) is 84.1 cm³/mol. The summed E-state index contributed by atoms with van der Waals surface area (Å²) in [5.41, 5.74) is 0.270. The van der Waals surface area contributed by atoms with Crippen LogP contribution in [-0.4, -0.2) is 55.1 Å². The first kappa shape index (κ1) is 16.3. The molecule has 0 amide bonds. The second-order valence-electron chi connectivity index (χ2n) is 5.64. The summed E-state index contributed by atoms with van der Waals surface area (Å²) in [5, 5.41) is 7.51. The van der Waals surface area contributed by atoms with Gasteiger partial charge in [-0.3, -0.25) is 4.79 Å². The Hall–Kier alpha value is -1.11. The number of rotatable bonds is 9. The zero-order valence-electron chi connectivity index (χ0n) is 12.6. The maximum Gasteiger partial charge on any atom is 0.291 e. The summed E-state index contributed by atoms with van der Waals surface area (Å²) in [7, 11) is 4.00. The van der Waals surface area contributed by atoms with Gasteiger partial charge in [0.05, 0.1) is 24.4 Å². The summed E-state index contributed by atoms with van der Waals surface area (Å²) in [6.45, 7) is 3.32. The maximum atomic E-state index is 12.3. The summed E-state index contributed by atoms with van der Waals surface area (Å²) >= 11 is 6.05. The number of nitrogens with one attached hydrogen (secondary N) is 1. The average Bonchev–Trinajstić information content (AvgIpc) is 3.24. The number of ether oxygens (including phenoxy) is 1. The van der Waals surface area contributed by atoms with Crippen LogP contribution in [0.15, 0.2) is 11.0 Å². The van der Waals surface area contributed by atoms with Crippen molar-refractivity contribution in [3.05, 3.63) is 21.6 Å². The lowest BCUT2D eigenvalue weighted by Gasteiger charge is -2.12. The van der Waals surface area contributed by atoms with E-state index in [1.54, 1.807) is 0 Å². The first-order valence-corrected chi connectivity index (χ1v) is 7.67. The summed E-state index contributed by atoms with van der Waals surface area (Å²) in [5.74, 6) is 0.596. The zero-order chi connectivity index (χ0) is 15.2. The smallest absolute Gasteiger partial charge is 0.291 e. The number of hydrogen-bond donors (Lipinski definition) is 1. The Bertz CT molecular complexity index is 514. The minimum atomic E-state index is -0.150. The minimum Gasteiger partial charge on any atom is -0.378 e. The predicted octanol–water partition coefficient (Wildman–Crippen LogP) is 1.30. The summed E-state index contributed by atoms with van der Waals surface area (Å²) in [6, 6.07) is 0. The van der Waals surface area contributed by atoms with Crippen LogP contribution in [0.25, 0.3) is 0 Å². The molecule has 0 unspecified atom stereocenters. The van der Waals surface area contributed by atoms with E-state index in [0.717, 1.165) is 6.54 Å². The van der Waals surface area contributed by atoms with Gasteiger partial charge in [0.1, 0.15) is 5.69 Å². The van der Waals surface area contributed by atoms with Crippen molar-refractivity contribution in [3.63, 3.8) is 0 Å². The Morgan fingerprint density at radius 2 is 2.24 bits per heavy atom. The molecule has 1 N–H and O–H groups in total. The lowest BCUT2D eigenvalue weighted by molar-refractivity contribution is 0.126. The maximum absolute atomic E-state index is 12.3. The topological polar surface area (TPSA) is 59.4 Å². The second kappa shape index (κ2) is 7.77. The highest BCUT2D eigenvalue weighted by atomic mass is 35.5. The van der Waals surface area contributed by atoms with Crippen LogP contribution in [0, 0.1) is 5.92 Å². The molecule has 7 heteroatoms. The molecule has 0 atom stereocenters. The van der Waals surface area contributed by atoms with E-state index in [4.69, 9.17) is 16.3 Å². The van der Waals surface area contributed by atoms with E-state index in [9.17, 15) is 4.79 Å². The first-order valence-electron chi connectivity index (χ1n) is 7.30. The van der Waals surface area contributed by atoms with Gasteiger partial charge in [0.25, 0.3) is 5.56 Å². The van der Waals surface area contributed by atoms with Crippen LogP contribution < -0.4 is 10.9 Å². The highest BCUT2D eigenvalue weighted by Gasteiger charge is 2.23. The highest BCUT2D eigenvalue weighted by Crippen LogP contribution is 2.30. The van der Waals surface area contributed by atoms with E-state index in [-0.39, 0.29) is 5.56 Å². The Balaban J connectivity index is 1.82. The van der Waals surface area contributed by atoms with Gasteiger partial charge in [0.2, 0.25) is 0 Å². The molecule has 2 rings (SSSR count). The van der Waals surface area contributed by atoms with Crippen molar-refractivity contribution in [2.45, 2.75) is 19.4 Å². The number of anilines is 1. The quantitative estimate of drug-likeness (QED) is 0.696. The van der Waals surface area contributed by atoms with Crippen LogP contribution in [0.5, 0.6) is 0 Å². The Morgan fingerprint density at radius 1 is 1.48 bits per heavy atom. The normalized spacial score (nSPS) is 14.7. The van der Waals surface area contributed by atoms with Gasteiger partial charge in [-0.25, -0.2) is 4.68 Å². The largest absolute Gasteiger partial charge is 0.378 e. The molecule has 1 aliphatic rings. The van der Waals surface area contributed by atoms with Crippen LogP contribution in [0.2, 0.25) is 5.02 Å². The molecule has 21 heavy (non-hydrogen) atoms. The molecule has 6 nitrogen and oxygen atoms in total. The van der Waals surface area contributed by atoms with Crippen LogP contribution in [0.1, 0.15) is 12.8 Å². The van der Waals surface area contributed by atoms with E-state index < -0.39 is 0 Å². The van der Waals surface area contributed by atoms with Crippen LogP contribution >= 0.6 is 11.6 Å². The van der Waals surface area contributed by atoms with E-state index in [1.165, 1.54) is 23.7 Å². The number of hydrogen-bond acceptors (Lipinski definition) is 5. The molecule has 1 saturated carbocycles. The molecule has 1 heterocycles. The molecular formula is C14H23ClN4O2. The molecule has 118 valence electrons. The lowest BCUT2D eigenvalue weighted by Crippen LogP contribution is -2.28. The van der Waals surface area contributed by atoms with Crippen LogP contribution in [0.3, 0.4) is 0 Å². The van der Waals surface area contributed by atoms with Crippen molar-refractivity contribution in [3.8, 4) is 0 Å². The van der Waals surface area contributed by atoms with Gasteiger partial charge in [-0.1, -0.05) is 11.6 Å². The Kier molecular flexibility index (Phi) is 6.02. The first-order chi connectivity index (χ1) is 10.1. The fraction of sp³-hybridized carbons (Fsp3) is 0.714. The van der Waals surface area contributed by atoms with Crippen molar-refractivity contribution in [1.29, 1.82) is 0 Å². The van der Waals surface area contributed by atoms with Gasteiger partial charge in [-0.05, 0) is 32.9 Å². The van der Waals surface area contributed by atoms with Crippen LogP contribution in [0.4, 0.5) is 5.69 Å². The molecule has 1 aromatic rings. The standard InChI is InChI=1S/C14H23ClN4O2/c1-18(2)6-8-21-7-5-16-13-12(15)9-17-19(14(13)20)10-11-3-4-11/h9,11,16H,3-8,10H2,1-2H3. The SMILES string of the molecule is CN(C)CCOCCNc1c(Cl)cnn(CC2CC2)c1=O. The monoisotopic (exact) mass is 314 g/mol. The number of halogens is 1. The molecule has 0 bridgehead atoms. The van der Waals surface area contributed by atoms with Gasteiger partial charge in [-0.2, -0.15) is 5.10 Å². The van der Waals surface area contributed by atoms with E-state index >= 15 is 0 Å². The molecular weight excluding hydrogens is 292 g/mol. The van der Waals surface area contributed by atoms with Crippen molar-refractivity contribution < 1.29 is 4.74 Å². The highest BCUT2D eigenvalue weighted by molar-refractivity contribution is 6.32. The number of aromatic nitrogens is 2. The van der Waals surface area contributed by atoms with Crippen molar-refractivity contribution in [2.75, 3.05) is 45.7 Å². The van der Waals surface area contributed by atoms with Gasteiger partial charge >= 0.3 is 0 Å². The van der Waals surface area contributed by atoms with Crippen molar-refractivity contribution >= 4 is 17.3 Å². The van der Waals surface area contributed by atoms with E-state index in [2.05, 4.69) is 15.3 Å². The lowest BCUT2D eigenvalue weighted by atomic mass is 10.4. The molecule has 0 radical (unpaired) electrons. The molecule has 0 saturated heterocycles. The third-order valence-electron chi connectivity index (χ3n) is 3.36. The van der Waals surface area contributed by atoms with Gasteiger partial charge in [-0.15, -0.1) is 0 Å². The summed E-state index contributed by atoms with van der Waals surface area (Å²) in [6.07, 6.45) is 3.89. The molecule has 0 aliphatic heterocycles.